The lowest BCUT2D eigenvalue weighted by Crippen LogP contribution is -3.00. The highest BCUT2D eigenvalue weighted by molar-refractivity contribution is 5.02. The fraction of sp³-hybridized carbons (Fsp3) is 1.00. The van der Waals surface area contributed by atoms with Crippen LogP contribution >= 0.6 is 0 Å². The van der Waals surface area contributed by atoms with E-state index in [2.05, 4.69) is 55.4 Å². The Morgan fingerprint density at radius 3 is 0.385 bits per heavy atom. The molecule has 1 nitrogen and oxygen atoms in total. The van der Waals surface area contributed by atoms with E-state index in [4.69, 9.17) is 0 Å². The Balaban J connectivity index is 0. The van der Waals surface area contributed by atoms with Crippen molar-refractivity contribution in [2.24, 2.45) is 5.41 Å². The van der Waals surface area contributed by atoms with E-state index in [0.717, 1.165) is 0 Å². The lowest BCUT2D eigenvalue weighted by Gasteiger charge is -2.63. The molecule has 0 atom stereocenters. The molecule has 0 rings (SSSR count). The van der Waals surface area contributed by atoms with Crippen molar-refractivity contribution in [3.8, 4) is 0 Å². The SMILES string of the molecule is CCCCCCCCCCCCCCCCC(CCCCCCCCCCCCCCCC)(CCCCCCCCCCCCCCCC)C(CCCCCCCCCCCCCCCC)(CCCCCCCCCCCCCCCC)[N+](CC)(CC)CCCCCCCCCCCCCCCC.[Br-]. The Bertz CT molecular complexity index is 1390. The highest BCUT2D eigenvalue weighted by atomic mass is 79.9. The fourth-order valence-corrected chi connectivity index (χ4v) is 19.9. The van der Waals surface area contributed by atoms with Gasteiger partial charge in [-0.25, -0.2) is 0 Å². The lowest BCUT2D eigenvalue weighted by molar-refractivity contribution is -0.983. The van der Waals surface area contributed by atoms with Gasteiger partial charge in [0.25, 0.3) is 0 Å². The minimum absolute atomic E-state index is 0. The van der Waals surface area contributed by atoms with Crippen LogP contribution in [-0.4, -0.2) is 29.7 Å². The number of unbranched alkanes of at least 4 members (excludes halogenated alkanes) is 78. The van der Waals surface area contributed by atoms with Gasteiger partial charge >= 0.3 is 0 Å². The summed E-state index contributed by atoms with van der Waals surface area (Å²) >= 11 is 0. The molecule has 0 aliphatic rings. The first kappa shape index (κ1) is 106. The molecule has 0 aliphatic heterocycles. The first-order valence-electron chi connectivity index (χ1n) is 50.8. The third-order valence-corrected chi connectivity index (χ3v) is 27.0. The molecular weight excluding hydrogens is 1320 g/mol. The largest absolute Gasteiger partial charge is 1.00 e. The molecular formula is C102H208BrN. The first-order chi connectivity index (χ1) is 51.0. The van der Waals surface area contributed by atoms with Gasteiger partial charge < -0.3 is 21.5 Å². The summed E-state index contributed by atoms with van der Waals surface area (Å²) in [6.07, 6.45) is 132. The van der Waals surface area contributed by atoms with Crippen molar-refractivity contribution in [3.63, 3.8) is 0 Å². The fourth-order valence-electron chi connectivity index (χ4n) is 19.9. The Hall–Kier alpha value is 0.440. The average Bonchev–Trinajstić information content (AvgIpc) is 0.725. The van der Waals surface area contributed by atoms with E-state index in [-0.39, 0.29) is 17.0 Å². The molecule has 0 aromatic rings. The molecule has 0 spiro atoms. The Labute approximate surface area is 674 Å². The maximum atomic E-state index is 2.77. The smallest absolute Gasteiger partial charge is 0.105 e. The van der Waals surface area contributed by atoms with Crippen LogP contribution in [0.1, 0.15) is 627 Å². The second-order valence-electron chi connectivity index (χ2n) is 36.1. The van der Waals surface area contributed by atoms with Gasteiger partial charge in [0.2, 0.25) is 0 Å². The predicted molar refractivity (Wildman–Crippen MR) is 476 cm³/mol. The molecule has 0 fully saturated rings. The number of halogens is 1. The van der Waals surface area contributed by atoms with E-state index in [0.29, 0.717) is 11.0 Å². The Kier molecular flexibility index (Phi) is 91.1. The van der Waals surface area contributed by atoms with Gasteiger partial charge in [-0.3, -0.25) is 0 Å². The number of nitrogens with zero attached hydrogens (tertiary/aromatic N) is 1. The van der Waals surface area contributed by atoms with Crippen molar-refractivity contribution >= 4 is 0 Å². The van der Waals surface area contributed by atoms with Crippen LogP contribution in [-0.2, 0) is 0 Å². The second-order valence-corrected chi connectivity index (χ2v) is 36.1. The minimum Gasteiger partial charge on any atom is -1.00 e. The summed E-state index contributed by atoms with van der Waals surface area (Å²) in [6, 6.07) is 0. The normalized spacial score (nSPS) is 12.2. The molecule has 0 radical (unpaired) electrons. The molecule has 0 aromatic heterocycles. The maximum Gasteiger partial charge on any atom is 0.105 e. The average molecular weight is 1530 g/mol. The van der Waals surface area contributed by atoms with Crippen LogP contribution in [0.2, 0.25) is 0 Å². The molecule has 0 aromatic carbocycles. The molecule has 628 valence electrons. The van der Waals surface area contributed by atoms with Gasteiger partial charge in [0.05, 0.1) is 19.6 Å². The van der Waals surface area contributed by atoms with Crippen molar-refractivity contribution in [1.82, 2.24) is 0 Å². The molecule has 0 aliphatic carbocycles. The molecule has 0 N–H and O–H groups in total. The van der Waals surface area contributed by atoms with Crippen molar-refractivity contribution in [2.45, 2.75) is 632 Å². The van der Waals surface area contributed by atoms with Gasteiger partial charge in [-0.2, -0.15) is 0 Å². The van der Waals surface area contributed by atoms with Crippen molar-refractivity contribution in [3.05, 3.63) is 0 Å². The molecule has 104 heavy (non-hydrogen) atoms. The van der Waals surface area contributed by atoms with E-state index in [9.17, 15) is 0 Å². The highest BCUT2D eigenvalue weighted by Crippen LogP contribution is 2.57. The van der Waals surface area contributed by atoms with E-state index in [1.54, 1.807) is 32.1 Å². The summed E-state index contributed by atoms with van der Waals surface area (Å²) < 4.78 is 1.47. The maximum absolute atomic E-state index is 2.77. The van der Waals surface area contributed by atoms with Gasteiger partial charge in [-0.1, -0.05) is 555 Å². The van der Waals surface area contributed by atoms with Crippen molar-refractivity contribution < 1.29 is 21.5 Å². The molecule has 0 bridgehead atoms. The minimum atomic E-state index is 0. The third-order valence-electron chi connectivity index (χ3n) is 27.0. The molecule has 2 heteroatoms. The van der Waals surface area contributed by atoms with Crippen molar-refractivity contribution in [1.29, 1.82) is 0 Å². The van der Waals surface area contributed by atoms with E-state index in [1.165, 1.54) is 563 Å². The van der Waals surface area contributed by atoms with Gasteiger partial charge in [-0.15, -0.1) is 0 Å². The standard InChI is InChI=1S/C102H208N.BrH/c1-9-17-23-29-35-41-47-53-59-65-71-77-83-89-95-101(96-90-84-78-72-66-60-54-48-42-36-30-24-18-10-2,97-91-85-79-73-67-61-55-49-43-37-31-25-19-11-3)102(98-92-86-80-74-68-62-56-50-44-38-32-26-20-12-4,99-93-87-81-75-69-63-57-51-45-39-33-27-21-13-5)103(15-7,16-8)100-94-88-82-76-70-64-58-52-46-40-34-28-22-14-6;/h9-100H2,1-8H3;1H/q+1;/p-1. The predicted octanol–water partition coefficient (Wildman–Crippen LogP) is 35.4. The topological polar surface area (TPSA) is 0 Å². The van der Waals surface area contributed by atoms with Gasteiger partial charge in [-0.05, 0) is 58.8 Å². The Morgan fingerprint density at radius 2 is 0.250 bits per heavy atom. The van der Waals surface area contributed by atoms with Crippen LogP contribution in [0.3, 0.4) is 0 Å². The zero-order valence-electron chi connectivity index (χ0n) is 74.9. The van der Waals surface area contributed by atoms with Crippen LogP contribution in [0, 0.1) is 5.41 Å². The number of hydrogen-bond donors (Lipinski definition) is 0. The molecule has 0 heterocycles. The zero-order valence-corrected chi connectivity index (χ0v) is 76.5. The molecule has 0 saturated carbocycles. The zero-order chi connectivity index (χ0) is 74.6. The highest BCUT2D eigenvalue weighted by Gasteiger charge is 2.60. The van der Waals surface area contributed by atoms with E-state index < -0.39 is 0 Å². The van der Waals surface area contributed by atoms with E-state index >= 15 is 0 Å². The summed E-state index contributed by atoms with van der Waals surface area (Å²) in [5, 5.41) is 0. The van der Waals surface area contributed by atoms with Gasteiger partial charge in [0.15, 0.2) is 0 Å². The molecule has 0 unspecified atom stereocenters. The van der Waals surface area contributed by atoms with Crippen LogP contribution in [0.25, 0.3) is 0 Å². The summed E-state index contributed by atoms with van der Waals surface area (Å²) in [4.78, 5) is 0. The van der Waals surface area contributed by atoms with Crippen LogP contribution < -0.4 is 17.0 Å². The Morgan fingerprint density at radius 1 is 0.135 bits per heavy atom. The van der Waals surface area contributed by atoms with Gasteiger partial charge in [0.1, 0.15) is 5.54 Å². The second kappa shape index (κ2) is 89.0. The van der Waals surface area contributed by atoms with Crippen LogP contribution in [0.5, 0.6) is 0 Å². The van der Waals surface area contributed by atoms with Crippen LogP contribution in [0.15, 0.2) is 0 Å². The number of quaternary nitrogens is 1. The van der Waals surface area contributed by atoms with E-state index in [1.807, 2.05) is 0 Å². The first-order valence-corrected chi connectivity index (χ1v) is 50.8. The molecule has 0 amide bonds. The lowest BCUT2D eigenvalue weighted by atomic mass is 9.55. The van der Waals surface area contributed by atoms with Crippen LogP contribution in [0.4, 0.5) is 0 Å². The summed E-state index contributed by atoms with van der Waals surface area (Å²) in [5.74, 6) is 0. The monoisotopic (exact) mass is 1530 g/mol. The summed E-state index contributed by atoms with van der Waals surface area (Å²) in [6.45, 7) is 23.9. The van der Waals surface area contributed by atoms with Crippen molar-refractivity contribution in [2.75, 3.05) is 19.6 Å². The van der Waals surface area contributed by atoms with Gasteiger partial charge in [0, 0.05) is 18.3 Å². The summed E-state index contributed by atoms with van der Waals surface area (Å²) in [5.41, 5.74) is 0.846. The third kappa shape index (κ3) is 65.9. The number of hydrogen-bond acceptors (Lipinski definition) is 0. The summed E-state index contributed by atoms with van der Waals surface area (Å²) in [7, 11) is 0. The number of rotatable bonds is 94. The molecule has 0 saturated heterocycles. The quantitative estimate of drug-likeness (QED) is 0.0421.